The van der Waals surface area contributed by atoms with Gasteiger partial charge >= 0.3 is 5.97 Å². The van der Waals surface area contributed by atoms with Crippen molar-refractivity contribution in [2.24, 2.45) is 5.92 Å². The van der Waals surface area contributed by atoms with Gasteiger partial charge in [-0.3, -0.25) is 4.79 Å². The number of hydrogen-bond donors (Lipinski definition) is 2. The molecule has 132 valence electrons. The summed E-state index contributed by atoms with van der Waals surface area (Å²) in [5.74, 6) is 0.794. The second-order valence-electron chi connectivity index (χ2n) is 6.14. The van der Waals surface area contributed by atoms with Crippen LogP contribution in [0.15, 0.2) is 36.4 Å². The summed E-state index contributed by atoms with van der Waals surface area (Å²) < 4.78 is 10.1. The molecular weight excluding hydrogens is 320 g/mol. The van der Waals surface area contributed by atoms with Crippen molar-refractivity contribution >= 4 is 28.3 Å². The van der Waals surface area contributed by atoms with Crippen molar-refractivity contribution in [2.45, 2.75) is 12.8 Å². The minimum absolute atomic E-state index is 0.0750. The smallest absolute Gasteiger partial charge is 0.343 e. The Morgan fingerprint density at radius 1 is 1.12 bits per heavy atom. The number of hydrogen-bond acceptors (Lipinski definition) is 5. The highest BCUT2D eigenvalue weighted by atomic mass is 16.6. The van der Waals surface area contributed by atoms with Crippen molar-refractivity contribution < 1.29 is 19.1 Å². The molecule has 0 spiro atoms. The fourth-order valence-electron chi connectivity index (χ4n) is 2.61. The third-order valence-corrected chi connectivity index (χ3v) is 4.15. The molecule has 2 aromatic carbocycles. The third kappa shape index (κ3) is 4.70. The molecule has 1 saturated carbocycles. The van der Waals surface area contributed by atoms with Gasteiger partial charge in [0.1, 0.15) is 5.75 Å². The quantitative estimate of drug-likeness (QED) is 0.720. The number of benzene rings is 2. The predicted molar refractivity (Wildman–Crippen MR) is 95.7 cm³/mol. The van der Waals surface area contributed by atoms with Crippen LogP contribution in [0.1, 0.15) is 12.8 Å². The fraction of sp³-hybridized carbons (Fsp3) is 0.368. The molecule has 0 unspecified atom stereocenters. The molecule has 3 rings (SSSR count). The first kappa shape index (κ1) is 17.2. The van der Waals surface area contributed by atoms with Crippen LogP contribution < -0.4 is 15.4 Å². The molecule has 6 nitrogen and oxygen atoms in total. The van der Waals surface area contributed by atoms with Gasteiger partial charge < -0.3 is 20.1 Å². The standard InChI is InChI=1S/C19H22N2O4/c1-24-19(23)12-25-17-9-8-16(14-4-2-3-5-15(14)17)21-18(22)11-20-10-13-6-7-13/h2-5,8-9,13,20H,6-7,10-12H2,1H3,(H,21,22). The van der Waals surface area contributed by atoms with Gasteiger partial charge in [-0.1, -0.05) is 24.3 Å². The Morgan fingerprint density at radius 2 is 1.88 bits per heavy atom. The van der Waals surface area contributed by atoms with Crippen LogP contribution in [0, 0.1) is 5.92 Å². The van der Waals surface area contributed by atoms with Crippen molar-refractivity contribution in [2.75, 3.05) is 32.1 Å². The van der Waals surface area contributed by atoms with E-state index in [0.717, 1.165) is 28.9 Å². The molecule has 25 heavy (non-hydrogen) atoms. The average molecular weight is 342 g/mol. The molecular formula is C19H22N2O4. The highest BCUT2D eigenvalue weighted by Gasteiger charge is 2.20. The molecule has 0 aromatic heterocycles. The van der Waals surface area contributed by atoms with Crippen LogP contribution in [-0.4, -0.2) is 38.7 Å². The Kier molecular flexibility index (Phi) is 5.50. The maximum Gasteiger partial charge on any atom is 0.343 e. The summed E-state index contributed by atoms with van der Waals surface area (Å²) in [4.78, 5) is 23.4. The number of methoxy groups -OCH3 is 1. The Hall–Kier alpha value is -2.60. The first-order valence-corrected chi connectivity index (χ1v) is 8.39. The number of esters is 1. The van der Waals surface area contributed by atoms with Crippen LogP contribution in [0.25, 0.3) is 10.8 Å². The van der Waals surface area contributed by atoms with E-state index in [4.69, 9.17) is 4.74 Å². The summed E-state index contributed by atoms with van der Waals surface area (Å²) in [6.07, 6.45) is 2.51. The summed E-state index contributed by atoms with van der Waals surface area (Å²) in [6, 6.07) is 11.1. The molecule has 0 radical (unpaired) electrons. The summed E-state index contributed by atoms with van der Waals surface area (Å²) in [7, 11) is 1.32. The maximum atomic E-state index is 12.1. The van der Waals surface area contributed by atoms with Crippen LogP contribution in [-0.2, 0) is 14.3 Å². The lowest BCUT2D eigenvalue weighted by atomic mass is 10.1. The van der Waals surface area contributed by atoms with Crippen LogP contribution in [0.4, 0.5) is 5.69 Å². The van der Waals surface area contributed by atoms with E-state index >= 15 is 0 Å². The summed E-state index contributed by atoms with van der Waals surface area (Å²) in [5, 5.41) is 7.80. The maximum absolute atomic E-state index is 12.1. The molecule has 0 saturated heterocycles. The highest BCUT2D eigenvalue weighted by Crippen LogP contribution is 2.31. The predicted octanol–water partition coefficient (Wildman–Crippen LogP) is 2.33. The Labute approximate surface area is 146 Å². The number of fused-ring (bicyclic) bond motifs is 1. The topological polar surface area (TPSA) is 76.7 Å². The summed E-state index contributed by atoms with van der Waals surface area (Å²) in [6.45, 7) is 1.04. The zero-order valence-electron chi connectivity index (χ0n) is 14.2. The van der Waals surface area contributed by atoms with Crippen molar-refractivity contribution in [3.8, 4) is 5.75 Å². The van der Waals surface area contributed by atoms with Crippen molar-refractivity contribution in [1.82, 2.24) is 5.32 Å². The van der Waals surface area contributed by atoms with Gasteiger partial charge in [0, 0.05) is 16.5 Å². The van der Waals surface area contributed by atoms with Crippen molar-refractivity contribution in [3.63, 3.8) is 0 Å². The molecule has 2 N–H and O–H groups in total. The van der Waals surface area contributed by atoms with Crippen LogP contribution >= 0.6 is 0 Å². The molecule has 1 aliphatic rings. The lowest BCUT2D eigenvalue weighted by Crippen LogP contribution is -2.29. The van der Waals surface area contributed by atoms with E-state index in [-0.39, 0.29) is 12.5 Å². The minimum atomic E-state index is -0.441. The average Bonchev–Trinajstić information content (AvgIpc) is 3.45. The third-order valence-electron chi connectivity index (χ3n) is 4.15. The number of rotatable bonds is 8. The van der Waals surface area contributed by atoms with Gasteiger partial charge in [-0.2, -0.15) is 0 Å². The van der Waals surface area contributed by atoms with Gasteiger partial charge in [-0.05, 0) is 37.4 Å². The van der Waals surface area contributed by atoms with E-state index in [2.05, 4.69) is 15.4 Å². The lowest BCUT2D eigenvalue weighted by Gasteiger charge is -2.13. The van der Waals surface area contributed by atoms with Crippen LogP contribution in [0.3, 0.4) is 0 Å². The lowest BCUT2D eigenvalue weighted by molar-refractivity contribution is -0.142. The number of amides is 1. The number of carbonyl (C=O) groups is 2. The van der Waals surface area contributed by atoms with Gasteiger partial charge in [-0.25, -0.2) is 4.79 Å². The number of anilines is 1. The number of nitrogens with one attached hydrogen (secondary N) is 2. The molecule has 1 aliphatic carbocycles. The second-order valence-corrected chi connectivity index (χ2v) is 6.14. The van der Waals surface area contributed by atoms with Crippen LogP contribution in [0.2, 0.25) is 0 Å². The molecule has 1 fully saturated rings. The van der Waals surface area contributed by atoms with E-state index < -0.39 is 5.97 Å². The second kappa shape index (κ2) is 7.98. The van der Waals surface area contributed by atoms with Crippen molar-refractivity contribution in [1.29, 1.82) is 0 Å². The Balaban J connectivity index is 1.70. The molecule has 2 aromatic rings. The van der Waals surface area contributed by atoms with Gasteiger partial charge in [0.05, 0.1) is 13.7 Å². The minimum Gasteiger partial charge on any atom is -0.481 e. The summed E-state index contributed by atoms with van der Waals surface area (Å²) >= 11 is 0. The first-order valence-electron chi connectivity index (χ1n) is 8.39. The van der Waals surface area contributed by atoms with E-state index in [1.807, 2.05) is 24.3 Å². The zero-order valence-corrected chi connectivity index (χ0v) is 14.2. The zero-order chi connectivity index (χ0) is 17.6. The fourth-order valence-corrected chi connectivity index (χ4v) is 2.61. The first-order chi connectivity index (χ1) is 12.2. The normalized spacial score (nSPS) is 13.5. The largest absolute Gasteiger partial charge is 0.481 e. The monoisotopic (exact) mass is 342 g/mol. The van der Waals surface area contributed by atoms with Crippen molar-refractivity contribution in [3.05, 3.63) is 36.4 Å². The van der Waals surface area contributed by atoms with Gasteiger partial charge in [0.15, 0.2) is 6.61 Å². The molecule has 0 heterocycles. The highest BCUT2D eigenvalue weighted by molar-refractivity contribution is 6.04. The molecule has 0 atom stereocenters. The number of ether oxygens (including phenoxy) is 2. The number of carbonyl (C=O) groups excluding carboxylic acids is 2. The molecule has 1 amide bonds. The van der Waals surface area contributed by atoms with E-state index in [1.54, 1.807) is 12.1 Å². The van der Waals surface area contributed by atoms with Gasteiger partial charge in [-0.15, -0.1) is 0 Å². The van der Waals surface area contributed by atoms with E-state index in [9.17, 15) is 9.59 Å². The van der Waals surface area contributed by atoms with Crippen LogP contribution in [0.5, 0.6) is 5.75 Å². The van der Waals surface area contributed by atoms with E-state index in [0.29, 0.717) is 12.3 Å². The molecule has 0 bridgehead atoms. The molecule has 6 heteroatoms. The van der Waals surface area contributed by atoms with Gasteiger partial charge in [0.2, 0.25) is 5.91 Å². The Morgan fingerprint density at radius 3 is 2.60 bits per heavy atom. The van der Waals surface area contributed by atoms with E-state index in [1.165, 1.54) is 20.0 Å². The van der Waals surface area contributed by atoms with Gasteiger partial charge in [0.25, 0.3) is 0 Å². The Bertz CT molecular complexity index is 771. The SMILES string of the molecule is COC(=O)COc1ccc(NC(=O)CNCC2CC2)c2ccccc12. The summed E-state index contributed by atoms with van der Waals surface area (Å²) in [5.41, 5.74) is 0.722. The molecule has 0 aliphatic heterocycles.